The molecule has 2 fully saturated rings. The highest BCUT2D eigenvalue weighted by Gasteiger charge is 2.30. The van der Waals surface area contributed by atoms with E-state index < -0.39 is 0 Å². The molecule has 1 atom stereocenters. The van der Waals surface area contributed by atoms with Gasteiger partial charge in [0.15, 0.2) is 0 Å². The first-order chi connectivity index (χ1) is 6.81. The zero-order chi connectivity index (χ0) is 9.97. The molecule has 14 heavy (non-hydrogen) atoms. The maximum Gasteiger partial charge on any atom is 0.286 e. The molecular formula is C10H16N2O2. The van der Waals surface area contributed by atoms with Gasteiger partial charge in [-0.15, -0.1) is 0 Å². The van der Waals surface area contributed by atoms with Crippen LogP contribution in [0.5, 0.6) is 0 Å². The molecule has 0 bridgehead atoms. The van der Waals surface area contributed by atoms with Gasteiger partial charge in [-0.25, -0.2) is 0 Å². The van der Waals surface area contributed by atoms with Crippen LogP contribution < -0.4 is 0 Å². The average Bonchev–Trinajstić information content (AvgIpc) is 2.27. The van der Waals surface area contributed by atoms with Crippen LogP contribution in [0, 0.1) is 0 Å². The molecule has 0 aromatic carbocycles. The summed E-state index contributed by atoms with van der Waals surface area (Å²) in [5, 5.41) is 0. The molecule has 78 valence electrons. The smallest absolute Gasteiger partial charge is 0.286 e. The third kappa shape index (κ3) is 1.80. The van der Waals surface area contributed by atoms with Crippen molar-refractivity contribution in [2.45, 2.75) is 25.3 Å². The molecule has 0 radical (unpaired) electrons. The SMILES string of the molecule is O=CC(=O)N1CCN2CCCCC2C1. The molecule has 0 spiro atoms. The van der Waals surface area contributed by atoms with Gasteiger partial charge in [0.1, 0.15) is 0 Å². The van der Waals surface area contributed by atoms with Crippen molar-refractivity contribution in [1.82, 2.24) is 9.80 Å². The average molecular weight is 196 g/mol. The van der Waals surface area contributed by atoms with Gasteiger partial charge in [0.2, 0.25) is 6.29 Å². The lowest BCUT2D eigenvalue weighted by atomic mass is 9.99. The Hall–Kier alpha value is -0.900. The molecule has 2 heterocycles. The van der Waals surface area contributed by atoms with Crippen LogP contribution in [0.15, 0.2) is 0 Å². The fourth-order valence-corrected chi connectivity index (χ4v) is 2.43. The summed E-state index contributed by atoms with van der Waals surface area (Å²) in [7, 11) is 0. The Bertz CT molecular complexity index is 242. The number of hydrogen-bond donors (Lipinski definition) is 0. The van der Waals surface area contributed by atoms with Gasteiger partial charge >= 0.3 is 0 Å². The highest BCUT2D eigenvalue weighted by Crippen LogP contribution is 2.20. The number of piperazine rings is 1. The Balaban J connectivity index is 1.95. The second-order valence-electron chi connectivity index (χ2n) is 4.09. The third-order valence-electron chi connectivity index (χ3n) is 3.25. The van der Waals surface area contributed by atoms with Gasteiger partial charge in [0, 0.05) is 25.7 Å². The molecular weight excluding hydrogens is 180 g/mol. The second-order valence-corrected chi connectivity index (χ2v) is 4.09. The minimum Gasteiger partial charge on any atom is -0.334 e. The number of fused-ring (bicyclic) bond motifs is 1. The molecule has 0 aromatic heterocycles. The van der Waals surface area contributed by atoms with Gasteiger partial charge in [-0.2, -0.15) is 0 Å². The van der Waals surface area contributed by atoms with E-state index in [2.05, 4.69) is 4.90 Å². The van der Waals surface area contributed by atoms with Crippen molar-refractivity contribution in [1.29, 1.82) is 0 Å². The summed E-state index contributed by atoms with van der Waals surface area (Å²) < 4.78 is 0. The van der Waals surface area contributed by atoms with Crippen molar-refractivity contribution in [3.8, 4) is 0 Å². The van der Waals surface area contributed by atoms with Crippen molar-refractivity contribution < 1.29 is 9.59 Å². The lowest BCUT2D eigenvalue weighted by Crippen LogP contribution is -2.56. The number of carbonyl (C=O) groups excluding carboxylic acids is 2. The number of amides is 1. The molecule has 0 saturated carbocycles. The molecule has 2 aliphatic rings. The van der Waals surface area contributed by atoms with Gasteiger partial charge < -0.3 is 4.90 Å². The third-order valence-corrected chi connectivity index (χ3v) is 3.25. The van der Waals surface area contributed by atoms with E-state index in [0.717, 1.165) is 19.6 Å². The maximum absolute atomic E-state index is 11.2. The first-order valence-corrected chi connectivity index (χ1v) is 5.29. The van der Waals surface area contributed by atoms with Crippen molar-refractivity contribution in [3.05, 3.63) is 0 Å². The first kappa shape index (κ1) is 9.65. The van der Waals surface area contributed by atoms with Crippen LogP contribution in [0.1, 0.15) is 19.3 Å². The summed E-state index contributed by atoms with van der Waals surface area (Å²) in [5.74, 6) is -0.352. The number of nitrogens with zero attached hydrogens (tertiary/aromatic N) is 2. The molecule has 0 aromatic rings. The first-order valence-electron chi connectivity index (χ1n) is 5.29. The topological polar surface area (TPSA) is 40.6 Å². The summed E-state index contributed by atoms with van der Waals surface area (Å²) in [5.41, 5.74) is 0. The molecule has 0 N–H and O–H groups in total. The van der Waals surface area contributed by atoms with Crippen LogP contribution in [-0.4, -0.2) is 54.2 Å². The molecule has 2 aliphatic heterocycles. The van der Waals surface area contributed by atoms with Crippen molar-refractivity contribution in [2.24, 2.45) is 0 Å². The molecule has 4 nitrogen and oxygen atoms in total. The normalized spacial score (nSPS) is 28.3. The standard InChI is InChI=1S/C10H16N2O2/c13-8-10(14)12-6-5-11-4-2-1-3-9(11)7-12/h8-9H,1-7H2. The van der Waals surface area contributed by atoms with Gasteiger partial charge in [0.05, 0.1) is 0 Å². The van der Waals surface area contributed by atoms with E-state index >= 15 is 0 Å². The predicted molar refractivity (Wildman–Crippen MR) is 51.9 cm³/mol. The largest absolute Gasteiger partial charge is 0.334 e. The summed E-state index contributed by atoms with van der Waals surface area (Å²) in [6, 6.07) is 0.501. The summed E-state index contributed by atoms with van der Waals surface area (Å²) >= 11 is 0. The van der Waals surface area contributed by atoms with E-state index in [1.54, 1.807) is 4.90 Å². The molecule has 1 amide bonds. The number of rotatable bonds is 1. The minimum absolute atomic E-state index is 0.352. The number of hydrogen-bond acceptors (Lipinski definition) is 3. The molecule has 4 heteroatoms. The van der Waals surface area contributed by atoms with Crippen LogP contribution in [0.2, 0.25) is 0 Å². The van der Waals surface area contributed by atoms with Crippen LogP contribution in [0.3, 0.4) is 0 Å². The van der Waals surface area contributed by atoms with E-state index in [1.165, 1.54) is 19.3 Å². The molecule has 0 aliphatic carbocycles. The van der Waals surface area contributed by atoms with E-state index in [9.17, 15) is 9.59 Å². The Kier molecular flexibility index (Phi) is 2.82. The summed E-state index contributed by atoms with van der Waals surface area (Å²) in [6.07, 6.45) is 4.13. The van der Waals surface area contributed by atoms with Gasteiger partial charge in [-0.1, -0.05) is 6.42 Å². The zero-order valence-electron chi connectivity index (χ0n) is 8.32. The number of aldehydes is 1. The maximum atomic E-state index is 11.2. The molecule has 1 unspecified atom stereocenters. The highest BCUT2D eigenvalue weighted by molar-refractivity contribution is 6.23. The van der Waals surface area contributed by atoms with Gasteiger partial charge in [-0.3, -0.25) is 14.5 Å². The van der Waals surface area contributed by atoms with Crippen molar-refractivity contribution >= 4 is 12.2 Å². The Morgan fingerprint density at radius 3 is 2.86 bits per heavy atom. The number of carbonyl (C=O) groups is 2. The minimum atomic E-state index is -0.352. The quantitative estimate of drug-likeness (QED) is 0.434. The number of piperidine rings is 1. The van der Waals surface area contributed by atoms with E-state index in [4.69, 9.17) is 0 Å². The Labute approximate surface area is 83.9 Å². The summed E-state index contributed by atoms with van der Waals surface area (Å²) in [6.45, 7) is 3.56. The van der Waals surface area contributed by atoms with Gasteiger partial charge in [-0.05, 0) is 19.4 Å². The van der Waals surface area contributed by atoms with E-state index in [1.807, 2.05) is 0 Å². The van der Waals surface area contributed by atoms with Crippen LogP contribution >= 0.6 is 0 Å². The Morgan fingerprint density at radius 2 is 2.07 bits per heavy atom. The van der Waals surface area contributed by atoms with Crippen LogP contribution in [0.4, 0.5) is 0 Å². The molecule has 2 rings (SSSR count). The highest BCUT2D eigenvalue weighted by atomic mass is 16.2. The lowest BCUT2D eigenvalue weighted by molar-refractivity contribution is -0.141. The van der Waals surface area contributed by atoms with Crippen molar-refractivity contribution in [2.75, 3.05) is 26.2 Å². The second kappa shape index (κ2) is 4.09. The Morgan fingerprint density at radius 1 is 1.21 bits per heavy atom. The van der Waals surface area contributed by atoms with Crippen LogP contribution in [-0.2, 0) is 9.59 Å². The zero-order valence-corrected chi connectivity index (χ0v) is 8.32. The van der Waals surface area contributed by atoms with E-state index in [0.29, 0.717) is 18.9 Å². The fourth-order valence-electron chi connectivity index (χ4n) is 2.43. The van der Waals surface area contributed by atoms with Crippen LogP contribution in [0.25, 0.3) is 0 Å². The van der Waals surface area contributed by atoms with Crippen molar-refractivity contribution in [3.63, 3.8) is 0 Å². The molecule has 2 saturated heterocycles. The lowest BCUT2D eigenvalue weighted by Gasteiger charge is -2.43. The fraction of sp³-hybridized carbons (Fsp3) is 0.800. The van der Waals surface area contributed by atoms with E-state index in [-0.39, 0.29) is 5.91 Å². The summed E-state index contributed by atoms with van der Waals surface area (Å²) in [4.78, 5) is 25.7. The monoisotopic (exact) mass is 196 g/mol. The predicted octanol–water partition coefficient (Wildman–Crippen LogP) is -0.118. The van der Waals surface area contributed by atoms with Gasteiger partial charge in [0.25, 0.3) is 5.91 Å².